The highest BCUT2D eigenvalue weighted by atomic mass is 16.3. The maximum Gasteiger partial charge on any atom is 0.329 e. The van der Waals surface area contributed by atoms with Crippen LogP contribution < -0.4 is 11.2 Å². The molecule has 0 bridgehead atoms. The number of aliphatic hydroxyl groups is 3. The van der Waals surface area contributed by atoms with Crippen LogP contribution in [0.4, 0.5) is 0 Å². The maximum absolute atomic E-state index is 11.7. The third kappa shape index (κ3) is 2.26. The highest BCUT2D eigenvalue weighted by molar-refractivity contribution is 5.28. The van der Waals surface area contributed by atoms with Gasteiger partial charge in [0.2, 0.25) is 0 Å². The first-order chi connectivity index (χ1) is 9.49. The molecule has 4 unspecified atom stereocenters. The van der Waals surface area contributed by atoms with Crippen LogP contribution in [0.3, 0.4) is 0 Å². The van der Waals surface area contributed by atoms with Crippen LogP contribution in [0.1, 0.15) is 11.6 Å². The van der Waals surface area contributed by atoms with E-state index >= 15 is 0 Å². The zero-order chi connectivity index (χ0) is 14.9. The standard InChI is InChI=1S/C13H12N2O5/c1-2-7-5-15(13(20)14-12(7)19)9-4-3-8(6-16)10(17)11(9)18/h1,5,8-11,16-18H,6H2,(H,14,19,20). The molecule has 1 aromatic rings. The van der Waals surface area contributed by atoms with E-state index in [9.17, 15) is 19.8 Å². The van der Waals surface area contributed by atoms with Gasteiger partial charge in [-0.15, -0.1) is 6.42 Å². The normalized spacial score (nSPS) is 28.3. The van der Waals surface area contributed by atoms with E-state index in [0.29, 0.717) is 0 Å². The number of aliphatic hydroxyl groups excluding tert-OH is 3. The number of H-pyrrole nitrogens is 1. The molecule has 0 radical (unpaired) electrons. The average Bonchev–Trinajstić information content (AvgIpc) is 2.43. The Balaban J connectivity index is 2.54. The van der Waals surface area contributed by atoms with Gasteiger partial charge < -0.3 is 15.3 Å². The Labute approximate surface area is 113 Å². The van der Waals surface area contributed by atoms with Gasteiger partial charge in [0, 0.05) is 6.20 Å². The minimum atomic E-state index is -1.39. The Morgan fingerprint density at radius 3 is 2.65 bits per heavy atom. The van der Waals surface area contributed by atoms with Crippen LogP contribution in [0.5, 0.6) is 0 Å². The molecule has 1 aromatic heterocycles. The van der Waals surface area contributed by atoms with Crippen molar-refractivity contribution in [1.29, 1.82) is 0 Å². The van der Waals surface area contributed by atoms with Crippen molar-refractivity contribution in [3.8, 4) is 24.2 Å². The molecule has 1 heterocycles. The fourth-order valence-electron chi connectivity index (χ4n) is 1.97. The van der Waals surface area contributed by atoms with Crippen molar-refractivity contribution in [1.82, 2.24) is 9.55 Å². The van der Waals surface area contributed by atoms with Gasteiger partial charge in [-0.3, -0.25) is 14.3 Å². The number of rotatable bonds is 2. The van der Waals surface area contributed by atoms with E-state index in [1.54, 1.807) is 0 Å². The summed E-state index contributed by atoms with van der Waals surface area (Å²) in [4.78, 5) is 25.1. The van der Waals surface area contributed by atoms with Gasteiger partial charge in [0.15, 0.2) is 0 Å². The number of nitrogens with one attached hydrogen (secondary N) is 1. The monoisotopic (exact) mass is 276 g/mol. The first-order valence-corrected chi connectivity index (χ1v) is 5.79. The molecule has 0 saturated carbocycles. The molecule has 1 aliphatic carbocycles. The fraction of sp³-hybridized carbons (Fsp3) is 0.385. The van der Waals surface area contributed by atoms with Crippen molar-refractivity contribution in [2.45, 2.75) is 18.2 Å². The van der Waals surface area contributed by atoms with Crippen molar-refractivity contribution in [3.05, 3.63) is 32.6 Å². The Morgan fingerprint density at radius 1 is 1.35 bits per heavy atom. The number of aromatic amines is 1. The Morgan fingerprint density at radius 2 is 2.05 bits per heavy atom. The zero-order valence-corrected chi connectivity index (χ0v) is 10.3. The Hall–Kier alpha value is -2.32. The number of terminal acetylenes is 1. The number of aromatic nitrogens is 2. The molecule has 7 heteroatoms. The summed E-state index contributed by atoms with van der Waals surface area (Å²) in [5.74, 6) is 6.47. The summed E-state index contributed by atoms with van der Waals surface area (Å²) in [5, 5.41) is 28.8. The van der Waals surface area contributed by atoms with Gasteiger partial charge in [0.05, 0.1) is 18.6 Å². The van der Waals surface area contributed by atoms with Gasteiger partial charge in [-0.25, -0.2) is 4.79 Å². The van der Waals surface area contributed by atoms with E-state index in [-0.39, 0.29) is 5.56 Å². The minimum Gasteiger partial charge on any atom is -0.395 e. The van der Waals surface area contributed by atoms with Gasteiger partial charge in [-0.1, -0.05) is 17.8 Å². The molecule has 0 fully saturated rings. The molecule has 2 rings (SSSR count). The smallest absolute Gasteiger partial charge is 0.329 e. The predicted molar refractivity (Wildman–Crippen MR) is 68.7 cm³/mol. The summed E-state index contributed by atoms with van der Waals surface area (Å²) >= 11 is 0. The lowest BCUT2D eigenvalue weighted by Crippen LogP contribution is -2.46. The van der Waals surface area contributed by atoms with Gasteiger partial charge in [0.1, 0.15) is 17.7 Å². The van der Waals surface area contributed by atoms with Crippen molar-refractivity contribution in [2.75, 3.05) is 6.61 Å². The maximum atomic E-state index is 11.7. The fourth-order valence-corrected chi connectivity index (χ4v) is 1.97. The molecule has 7 nitrogen and oxygen atoms in total. The molecule has 0 spiro atoms. The quantitative estimate of drug-likeness (QED) is 0.442. The van der Waals surface area contributed by atoms with Crippen LogP contribution in [-0.4, -0.2) is 43.7 Å². The highest BCUT2D eigenvalue weighted by Gasteiger charge is 2.35. The van der Waals surface area contributed by atoms with E-state index in [1.807, 2.05) is 4.98 Å². The molecule has 1 aliphatic rings. The van der Waals surface area contributed by atoms with Gasteiger partial charge in [-0.05, 0) is 0 Å². The van der Waals surface area contributed by atoms with E-state index in [0.717, 1.165) is 10.8 Å². The number of nitrogens with zero attached hydrogens (tertiary/aromatic N) is 1. The minimum absolute atomic E-state index is 0.0858. The lowest BCUT2D eigenvalue weighted by molar-refractivity contribution is -0.0361. The second kappa shape index (κ2) is 5.35. The largest absolute Gasteiger partial charge is 0.395 e. The SMILES string of the molecule is C#Cc1cn(C2C#CC(CO)C(O)C2O)c(=O)[nH]c1=O. The third-order valence-electron chi connectivity index (χ3n) is 3.12. The van der Waals surface area contributed by atoms with Crippen LogP contribution in [-0.2, 0) is 0 Å². The van der Waals surface area contributed by atoms with Gasteiger partial charge in [0.25, 0.3) is 5.56 Å². The summed E-state index contributed by atoms with van der Waals surface area (Å²) in [7, 11) is 0. The molecule has 4 atom stereocenters. The number of hydrogen-bond acceptors (Lipinski definition) is 5. The van der Waals surface area contributed by atoms with Crippen molar-refractivity contribution in [2.24, 2.45) is 5.92 Å². The second-order valence-corrected chi connectivity index (χ2v) is 4.36. The molecule has 104 valence electrons. The predicted octanol–water partition coefficient (Wildman–Crippen LogP) is -2.59. The molecular formula is C13H12N2O5. The van der Waals surface area contributed by atoms with E-state index in [2.05, 4.69) is 17.8 Å². The summed E-state index contributed by atoms with van der Waals surface area (Å²) in [6.45, 7) is -0.409. The lowest BCUT2D eigenvalue weighted by atomic mass is 9.90. The molecular weight excluding hydrogens is 264 g/mol. The van der Waals surface area contributed by atoms with Crippen LogP contribution in [0.25, 0.3) is 0 Å². The zero-order valence-electron chi connectivity index (χ0n) is 10.3. The topological polar surface area (TPSA) is 116 Å². The van der Waals surface area contributed by atoms with E-state index in [4.69, 9.17) is 11.5 Å². The lowest BCUT2D eigenvalue weighted by Gasteiger charge is -2.30. The first kappa shape index (κ1) is 14.1. The molecule has 0 aliphatic heterocycles. The molecule has 0 amide bonds. The van der Waals surface area contributed by atoms with Gasteiger partial charge >= 0.3 is 5.69 Å². The summed E-state index contributed by atoms with van der Waals surface area (Å²) < 4.78 is 0.963. The molecule has 0 aromatic carbocycles. The highest BCUT2D eigenvalue weighted by Crippen LogP contribution is 2.21. The average molecular weight is 276 g/mol. The van der Waals surface area contributed by atoms with Crippen molar-refractivity contribution < 1.29 is 15.3 Å². The van der Waals surface area contributed by atoms with Crippen LogP contribution in [0.15, 0.2) is 15.8 Å². The Bertz CT molecular complexity index is 730. The van der Waals surface area contributed by atoms with E-state index in [1.165, 1.54) is 0 Å². The summed E-state index contributed by atoms with van der Waals surface area (Å²) in [6.07, 6.45) is 3.55. The molecule has 20 heavy (non-hydrogen) atoms. The van der Waals surface area contributed by atoms with Gasteiger partial charge in [-0.2, -0.15) is 0 Å². The third-order valence-corrected chi connectivity index (χ3v) is 3.12. The second-order valence-electron chi connectivity index (χ2n) is 4.36. The Kier molecular flexibility index (Phi) is 3.77. The number of hydrogen-bond donors (Lipinski definition) is 4. The molecule has 0 saturated heterocycles. The first-order valence-electron chi connectivity index (χ1n) is 5.79. The summed E-state index contributed by atoms with van der Waals surface area (Å²) in [6, 6.07) is -1.05. The van der Waals surface area contributed by atoms with E-state index < -0.39 is 42.0 Å². The van der Waals surface area contributed by atoms with Crippen molar-refractivity contribution >= 4 is 0 Å². The van der Waals surface area contributed by atoms with Crippen molar-refractivity contribution in [3.63, 3.8) is 0 Å². The molecule has 4 N–H and O–H groups in total. The van der Waals surface area contributed by atoms with Crippen LogP contribution >= 0.6 is 0 Å². The summed E-state index contributed by atoms with van der Waals surface area (Å²) in [5.41, 5.74) is -1.58. The van der Waals surface area contributed by atoms with Crippen LogP contribution in [0.2, 0.25) is 0 Å². The van der Waals surface area contributed by atoms with Crippen LogP contribution in [0, 0.1) is 30.1 Å².